The molecule has 0 unspecified atom stereocenters. The smallest absolute Gasteiger partial charge is 0.338 e. The number of hydrogen-bond acceptors (Lipinski definition) is 4. The number of halogens is 3. The lowest BCUT2D eigenvalue weighted by atomic mass is 10.2. The SMILES string of the molecule is C=CCOC(=O)c1cc(Br)c(OCc2ccc(Cl)cc2Cl)c(OCC)c1. The van der Waals surface area contributed by atoms with Crippen LogP contribution in [0.1, 0.15) is 22.8 Å². The second-order valence-electron chi connectivity index (χ2n) is 5.13. The maximum atomic E-state index is 12.1. The Balaban J connectivity index is 2.26. The van der Waals surface area contributed by atoms with Gasteiger partial charge in [-0.2, -0.15) is 0 Å². The van der Waals surface area contributed by atoms with E-state index in [1.54, 1.807) is 30.3 Å². The maximum absolute atomic E-state index is 12.1. The summed E-state index contributed by atoms with van der Waals surface area (Å²) in [6, 6.07) is 8.38. The van der Waals surface area contributed by atoms with Gasteiger partial charge in [-0.15, -0.1) is 0 Å². The zero-order chi connectivity index (χ0) is 19.1. The van der Waals surface area contributed by atoms with Gasteiger partial charge in [-0.3, -0.25) is 0 Å². The zero-order valence-electron chi connectivity index (χ0n) is 14.1. The van der Waals surface area contributed by atoms with Crippen molar-refractivity contribution in [1.82, 2.24) is 0 Å². The number of carbonyl (C=O) groups excluding carboxylic acids is 1. The van der Waals surface area contributed by atoms with Crippen LogP contribution in [-0.4, -0.2) is 19.2 Å². The molecule has 0 aliphatic carbocycles. The predicted octanol–water partition coefficient (Wildman–Crippen LogP) is 6.08. The third-order valence-corrected chi connectivity index (χ3v) is 4.44. The fraction of sp³-hybridized carbons (Fsp3) is 0.211. The van der Waals surface area contributed by atoms with Crippen molar-refractivity contribution in [3.63, 3.8) is 0 Å². The number of benzene rings is 2. The van der Waals surface area contributed by atoms with E-state index in [2.05, 4.69) is 22.5 Å². The lowest BCUT2D eigenvalue weighted by molar-refractivity contribution is 0.0549. The first-order valence-electron chi connectivity index (χ1n) is 7.77. The average molecular weight is 460 g/mol. The molecular weight excluding hydrogens is 443 g/mol. The van der Waals surface area contributed by atoms with Crippen LogP contribution in [-0.2, 0) is 11.3 Å². The molecule has 0 atom stereocenters. The quantitative estimate of drug-likeness (QED) is 0.354. The lowest BCUT2D eigenvalue weighted by Crippen LogP contribution is -2.07. The van der Waals surface area contributed by atoms with Gasteiger partial charge in [-0.25, -0.2) is 4.79 Å². The summed E-state index contributed by atoms with van der Waals surface area (Å²) in [5.74, 6) is 0.425. The molecule has 2 aromatic rings. The number of carbonyl (C=O) groups is 1. The van der Waals surface area contributed by atoms with Crippen LogP contribution in [0.2, 0.25) is 10.0 Å². The second-order valence-corrected chi connectivity index (χ2v) is 6.83. The first-order valence-corrected chi connectivity index (χ1v) is 9.32. The van der Waals surface area contributed by atoms with E-state index in [9.17, 15) is 4.79 Å². The fourth-order valence-corrected chi connectivity index (χ4v) is 3.11. The molecule has 7 heteroatoms. The summed E-state index contributed by atoms with van der Waals surface area (Å²) in [6.07, 6.45) is 1.50. The minimum atomic E-state index is -0.473. The monoisotopic (exact) mass is 458 g/mol. The Hall–Kier alpha value is -1.69. The number of ether oxygens (including phenoxy) is 3. The van der Waals surface area contributed by atoms with E-state index in [1.807, 2.05) is 6.92 Å². The Morgan fingerprint density at radius 2 is 2.00 bits per heavy atom. The van der Waals surface area contributed by atoms with Crippen LogP contribution in [0, 0.1) is 0 Å². The summed E-state index contributed by atoms with van der Waals surface area (Å²) in [4.78, 5) is 12.1. The first kappa shape index (κ1) is 20.6. The van der Waals surface area contributed by atoms with Crippen LogP contribution in [0.5, 0.6) is 11.5 Å². The van der Waals surface area contributed by atoms with Crippen molar-refractivity contribution >= 4 is 45.1 Å². The highest BCUT2D eigenvalue weighted by molar-refractivity contribution is 9.10. The highest BCUT2D eigenvalue weighted by Crippen LogP contribution is 2.38. The van der Waals surface area contributed by atoms with Crippen molar-refractivity contribution in [2.75, 3.05) is 13.2 Å². The van der Waals surface area contributed by atoms with Crippen LogP contribution in [0.25, 0.3) is 0 Å². The standard InChI is InChI=1S/C19H17BrCl2O4/c1-3-7-25-19(23)13-8-15(20)18(17(9-13)24-4-2)26-11-12-5-6-14(21)10-16(12)22/h3,5-6,8-10H,1,4,7,11H2,2H3. The van der Waals surface area contributed by atoms with Gasteiger partial charge in [-0.05, 0) is 47.1 Å². The van der Waals surface area contributed by atoms with Gasteiger partial charge in [-0.1, -0.05) is 41.9 Å². The normalized spacial score (nSPS) is 10.3. The molecule has 0 heterocycles. The van der Waals surface area contributed by atoms with Gasteiger partial charge in [0.05, 0.1) is 16.6 Å². The molecule has 0 N–H and O–H groups in total. The number of rotatable bonds is 8. The summed E-state index contributed by atoms with van der Waals surface area (Å²) in [5.41, 5.74) is 1.12. The van der Waals surface area contributed by atoms with Crippen LogP contribution < -0.4 is 9.47 Å². The number of esters is 1. The highest BCUT2D eigenvalue weighted by atomic mass is 79.9. The maximum Gasteiger partial charge on any atom is 0.338 e. The Bertz CT molecular complexity index is 808. The molecule has 0 bridgehead atoms. The molecular formula is C19H17BrCl2O4. The second kappa shape index (κ2) is 9.86. The molecule has 0 saturated carbocycles. The minimum absolute atomic E-state index is 0.133. The lowest BCUT2D eigenvalue weighted by Gasteiger charge is -2.15. The molecule has 2 rings (SSSR count). The number of hydrogen-bond donors (Lipinski definition) is 0. The molecule has 0 saturated heterocycles. The molecule has 2 aromatic carbocycles. The van der Waals surface area contributed by atoms with Gasteiger partial charge in [0.15, 0.2) is 11.5 Å². The van der Waals surface area contributed by atoms with Crippen molar-refractivity contribution in [3.8, 4) is 11.5 Å². The van der Waals surface area contributed by atoms with E-state index in [-0.39, 0.29) is 13.2 Å². The third kappa shape index (κ3) is 5.40. The summed E-state index contributed by atoms with van der Waals surface area (Å²) in [5, 5.41) is 1.06. The van der Waals surface area contributed by atoms with Gasteiger partial charge in [0, 0.05) is 15.6 Å². The molecule has 4 nitrogen and oxygen atoms in total. The van der Waals surface area contributed by atoms with Gasteiger partial charge < -0.3 is 14.2 Å². The van der Waals surface area contributed by atoms with E-state index in [0.717, 1.165) is 5.56 Å². The molecule has 0 radical (unpaired) electrons. The van der Waals surface area contributed by atoms with Gasteiger partial charge in [0.2, 0.25) is 0 Å². The highest BCUT2D eigenvalue weighted by Gasteiger charge is 2.17. The van der Waals surface area contributed by atoms with Crippen LogP contribution in [0.4, 0.5) is 0 Å². The topological polar surface area (TPSA) is 44.8 Å². The predicted molar refractivity (Wildman–Crippen MR) is 107 cm³/mol. The summed E-state index contributed by atoms with van der Waals surface area (Å²) >= 11 is 15.5. The summed E-state index contributed by atoms with van der Waals surface area (Å²) in [7, 11) is 0. The van der Waals surface area contributed by atoms with Crippen molar-refractivity contribution in [1.29, 1.82) is 0 Å². The Labute approximate surface area is 170 Å². The van der Waals surface area contributed by atoms with E-state index < -0.39 is 5.97 Å². The van der Waals surface area contributed by atoms with Crippen LogP contribution in [0.3, 0.4) is 0 Å². The summed E-state index contributed by atoms with van der Waals surface area (Å²) in [6.45, 7) is 6.13. The van der Waals surface area contributed by atoms with E-state index in [1.165, 1.54) is 6.08 Å². The van der Waals surface area contributed by atoms with E-state index in [4.69, 9.17) is 37.4 Å². The van der Waals surface area contributed by atoms with Gasteiger partial charge in [0.25, 0.3) is 0 Å². The van der Waals surface area contributed by atoms with Gasteiger partial charge in [0.1, 0.15) is 13.2 Å². The zero-order valence-corrected chi connectivity index (χ0v) is 17.2. The minimum Gasteiger partial charge on any atom is -0.490 e. The molecule has 26 heavy (non-hydrogen) atoms. The molecule has 0 aromatic heterocycles. The van der Waals surface area contributed by atoms with Crippen molar-refractivity contribution in [3.05, 3.63) is 68.6 Å². The van der Waals surface area contributed by atoms with Crippen molar-refractivity contribution in [2.24, 2.45) is 0 Å². The van der Waals surface area contributed by atoms with Crippen LogP contribution in [0.15, 0.2) is 47.5 Å². The average Bonchev–Trinajstić information content (AvgIpc) is 2.60. The molecule has 138 valence electrons. The van der Waals surface area contributed by atoms with Crippen LogP contribution >= 0.6 is 39.1 Å². The fourth-order valence-electron chi connectivity index (χ4n) is 2.10. The third-order valence-electron chi connectivity index (χ3n) is 3.26. The molecule has 0 fully saturated rings. The Morgan fingerprint density at radius 1 is 1.23 bits per heavy atom. The first-order chi connectivity index (χ1) is 12.5. The molecule has 0 aliphatic rings. The Morgan fingerprint density at radius 3 is 2.65 bits per heavy atom. The van der Waals surface area contributed by atoms with Crippen molar-refractivity contribution < 1.29 is 19.0 Å². The van der Waals surface area contributed by atoms with Crippen molar-refractivity contribution in [2.45, 2.75) is 13.5 Å². The Kier molecular flexibility index (Phi) is 7.82. The van der Waals surface area contributed by atoms with E-state index >= 15 is 0 Å². The van der Waals surface area contributed by atoms with E-state index in [0.29, 0.717) is 38.2 Å². The molecule has 0 spiro atoms. The molecule has 0 amide bonds. The van der Waals surface area contributed by atoms with Gasteiger partial charge >= 0.3 is 5.97 Å². The summed E-state index contributed by atoms with van der Waals surface area (Å²) < 4.78 is 17.1. The molecule has 0 aliphatic heterocycles. The largest absolute Gasteiger partial charge is 0.490 e.